The fraction of sp³-hybridized carbons (Fsp3) is 0.316. The number of amides is 2. The summed E-state index contributed by atoms with van der Waals surface area (Å²) >= 11 is 5.92. The molecule has 2 amide bonds. The second-order valence-corrected chi connectivity index (χ2v) is 7.03. The van der Waals surface area contributed by atoms with E-state index in [2.05, 4.69) is 16.0 Å². The highest BCUT2D eigenvalue weighted by Gasteiger charge is 2.42. The molecule has 0 unspecified atom stereocenters. The van der Waals surface area contributed by atoms with Gasteiger partial charge >= 0.3 is 6.03 Å². The van der Waals surface area contributed by atoms with E-state index in [9.17, 15) is 4.79 Å². The predicted octanol–water partition coefficient (Wildman–Crippen LogP) is 3.96. The average molecular weight is 358 g/mol. The molecular formula is C19H20ClN3O2. The molecule has 3 N–H and O–H groups in total. The Kier molecular flexibility index (Phi) is 4.37. The number of anilines is 2. The molecule has 3 aliphatic heterocycles. The summed E-state index contributed by atoms with van der Waals surface area (Å²) in [6, 6.07) is 15.1. The molecule has 6 heteroatoms. The molecule has 2 aromatic rings. The maximum absolute atomic E-state index is 12.1. The highest BCUT2D eigenvalue weighted by molar-refractivity contribution is 6.30. The second-order valence-electron chi connectivity index (χ2n) is 6.59. The van der Waals surface area contributed by atoms with Crippen molar-refractivity contribution < 1.29 is 9.53 Å². The van der Waals surface area contributed by atoms with Crippen LogP contribution in [0.3, 0.4) is 0 Å². The number of halogens is 1. The van der Waals surface area contributed by atoms with E-state index in [0.717, 1.165) is 37.2 Å². The van der Waals surface area contributed by atoms with Gasteiger partial charge in [-0.05, 0) is 48.7 Å². The van der Waals surface area contributed by atoms with Crippen LogP contribution in [-0.2, 0) is 10.3 Å². The van der Waals surface area contributed by atoms with Crippen molar-refractivity contribution in [2.45, 2.75) is 24.5 Å². The summed E-state index contributed by atoms with van der Waals surface area (Å²) in [5.74, 6) is 0. The van der Waals surface area contributed by atoms with E-state index in [1.54, 1.807) is 24.3 Å². The Labute approximate surface area is 151 Å². The zero-order valence-corrected chi connectivity index (χ0v) is 14.5. The van der Waals surface area contributed by atoms with Crippen LogP contribution in [0.4, 0.5) is 16.2 Å². The Morgan fingerprint density at radius 1 is 1.16 bits per heavy atom. The van der Waals surface area contributed by atoms with E-state index in [0.29, 0.717) is 16.8 Å². The average Bonchev–Trinajstić information content (AvgIpc) is 2.64. The van der Waals surface area contributed by atoms with Gasteiger partial charge in [-0.1, -0.05) is 29.8 Å². The van der Waals surface area contributed by atoms with Gasteiger partial charge in [0, 0.05) is 29.0 Å². The number of hydrogen-bond acceptors (Lipinski definition) is 3. The summed E-state index contributed by atoms with van der Waals surface area (Å²) in [7, 11) is 0. The van der Waals surface area contributed by atoms with Gasteiger partial charge in [-0.15, -0.1) is 0 Å². The molecule has 2 atom stereocenters. The van der Waals surface area contributed by atoms with Crippen LogP contribution >= 0.6 is 11.6 Å². The number of hydrogen-bond donors (Lipinski definition) is 3. The van der Waals surface area contributed by atoms with E-state index in [1.165, 1.54) is 0 Å². The van der Waals surface area contributed by atoms with Crippen molar-refractivity contribution in [1.29, 1.82) is 0 Å². The molecule has 3 saturated heterocycles. The number of benzene rings is 2. The first kappa shape index (κ1) is 16.4. The molecule has 0 spiro atoms. The molecule has 2 aromatic carbocycles. The third-order valence-electron chi connectivity index (χ3n) is 4.89. The van der Waals surface area contributed by atoms with Crippen molar-refractivity contribution >= 4 is 29.0 Å². The van der Waals surface area contributed by atoms with Crippen LogP contribution in [0.5, 0.6) is 0 Å². The van der Waals surface area contributed by atoms with Gasteiger partial charge in [0.05, 0.1) is 6.61 Å². The molecule has 3 fully saturated rings. The Morgan fingerprint density at radius 3 is 2.60 bits per heavy atom. The smallest absolute Gasteiger partial charge is 0.323 e. The molecule has 0 aliphatic carbocycles. The predicted molar refractivity (Wildman–Crippen MR) is 99.2 cm³/mol. The SMILES string of the molecule is O=C(Nc1ccc([C@@]23CC[C@@H](CO2)NC3)cc1)Nc1cccc(Cl)c1. The Morgan fingerprint density at radius 2 is 1.96 bits per heavy atom. The lowest BCUT2D eigenvalue weighted by atomic mass is 9.81. The standard InChI is InChI=1S/C19H20ClN3O2/c20-14-2-1-3-16(10-14)23-18(24)22-15-6-4-13(5-7-15)19-9-8-17(11-25-19)21-12-19/h1-7,10,17,21H,8-9,11-12H2,(H2,22,23,24)/t17-,19-/m0/s1. The number of rotatable bonds is 3. The number of fused-ring (bicyclic) bond motifs is 3. The van der Waals surface area contributed by atoms with Crippen molar-refractivity contribution in [2.75, 3.05) is 23.8 Å². The van der Waals surface area contributed by atoms with Gasteiger partial charge < -0.3 is 20.7 Å². The van der Waals surface area contributed by atoms with E-state index in [4.69, 9.17) is 16.3 Å². The lowest BCUT2D eigenvalue weighted by molar-refractivity contribution is -0.129. The highest BCUT2D eigenvalue weighted by atomic mass is 35.5. The minimum atomic E-state index is -0.302. The monoisotopic (exact) mass is 357 g/mol. The molecule has 0 radical (unpaired) electrons. The van der Waals surface area contributed by atoms with Crippen molar-refractivity contribution in [3.05, 3.63) is 59.1 Å². The molecule has 0 aromatic heterocycles. The Balaban J connectivity index is 1.41. The van der Waals surface area contributed by atoms with Crippen LogP contribution in [0.15, 0.2) is 48.5 Å². The van der Waals surface area contributed by atoms with Crippen molar-refractivity contribution in [2.24, 2.45) is 0 Å². The maximum Gasteiger partial charge on any atom is 0.323 e. The summed E-state index contributed by atoms with van der Waals surface area (Å²) in [5.41, 5.74) is 2.31. The molecule has 5 nitrogen and oxygen atoms in total. The number of nitrogens with one attached hydrogen (secondary N) is 3. The van der Waals surface area contributed by atoms with Gasteiger partial charge in [-0.2, -0.15) is 0 Å². The number of carbonyl (C=O) groups is 1. The Hall–Kier alpha value is -2.08. The van der Waals surface area contributed by atoms with Crippen LogP contribution in [0.1, 0.15) is 18.4 Å². The highest BCUT2D eigenvalue weighted by Crippen LogP contribution is 2.38. The summed E-state index contributed by atoms with van der Waals surface area (Å²) in [4.78, 5) is 12.1. The van der Waals surface area contributed by atoms with Crippen LogP contribution in [0.25, 0.3) is 0 Å². The molecule has 0 saturated carbocycles. The third-order valence-corrected chi connectivity index (χ3v) is 5.12. The van der Waals surface area contributed by atoms with Crippen LogP contribution in [0.2, 0.25) is 5.02 Å². The first-order chi connectivity index (χ1) is 12.1. The number of piperidine rings is 1. The second kappa shape index (κ2) is 6.67. The van der Waals surface area contributed by atoms with Gasteiger partial charge in [-0.25, -0.2) is 4.79 Å². The summed E-state index contributed by atoms with van der Waals surface area (Å²) in [5, 5.41) is 9.70. The molecule has 5 rings (SSSR count). The number of morpholine rings is 1. The lowest BCUT2D eigenvalue weighted by Crippen LogP contribution is -2.57. The third kappa shape index (κ3) is 3.49. The number of carbonyl (C=O) groups excluding carboxylic acids is 1. The van der Waals surface area contributed by atoms with E-state index in [1.807, 2.05) is 24.3 Å². The molecule has 2 bridgehead atoms. The maximum atomic E-state index is 12.1. The largest absolute Gasteiger partial charge is 0.367 e. The zero-order chi connectivity index (χ0) is 17.3. The van der Waals surface area contributed by atoms with Gasteiger partial charge in [0.2, 0.25) is 0 Å². The summed E-state index contributed by atoms with van der Waals surface area (Å²) < 4.78 is 6.09. The summed E-state index contributed by atoms with van der Waals surface area (Å²) in [6.07, 6.45) is 2.18. The van der Waals surface area contributed by atoms with Crippen LogP contribution < -0.4 is 16.0 Å². The molecule has 130 valence electrons. The van der Waals surface area contributed by atoms with Crippen LogP contribution in [-0.4, -0.2) is 25.2 Å². The minimum absolute atomic E-state index is 0.226. The van der Waals surface area contributed by atoms with Gasteiger partial charge in [0.1, 0.15) is 5.60 Å². The van der Waals surface area contributed by atoms with E-state index < -0.39 is 0 Å². The molecular weight excluding hydrogens is 338 g/mol. The first-order valence-corrected chi connectivity index (χ1v) is 8.82. The number of urea groups is 1. The van der Waals surface area contributed by atoms with Gasteiger partial charge in [-0.3, -0.25) is 0 Å². The quantitative estimate of drug-likeness (QED) is 0.779. The number of ether oxygens (including phenoxy) is 1. The molecule has 3 aliphatic rings. The van der Waals surface area contributed by atoms with Crippen LogP contribution in [0, 0.1) is 0 Å². The van der Waals surface area contributed by atoms with Gasteiger partial charge in [0.15, 0.2) is 0 Å². The first-order valence-electron chi connectivity index (χ1n) is 8.44. The van der Waals surface area contributed by atoms with Crippen molar-refractivity contribution in [3.63, 3.8) is 0 Å². The molecule has 3 heterocycles. The topological polar surface area (TPSA) is 62.4 Å². The minimum Gasteiger partial charge on any atom is -0.367 e. The van der Waals surface area contributed by atoms with Gasteiger partial charge in [0.25, 0.3) is 0 Å². The fourth-order valence-corrected chi connectivity index (χ4v) is 3.67. The normalized spacial score (nSPS) is 24.8. The molecule has 25 heavy (non-hydrogen) atoms. The fourth-order valence-electron chi connectivity index (χ4n) is 3.48. The lowest BCUT2D eigenvalue weighted by Gasteiger charge is -2.47. The summed E-state index contributed by atoms with van der Waals surface area (Å²) in [6.45, 7) is 1.61. The zero-order valence-electron chi connectivity index (χ0n) is 13.7. The van der Waals surface area contributed by atoms with Crippen molar-refractivity contribution in [3.8, 4) is 0 Å². The van der Waals surface area contributed by atoms with E-state index >= 15 is 0 Å². The Bertz CT molecular complexity index is 757. The van der Waals surface area contributed by atoms with E-state index in [-0.39, 0.29) is 11.6 Å². The van der Waals surface area contributed by atoms with Crippen molar-refractivity contribution in [1.82, 2.24) is 5.32 Å².